The zero-order chi connectivity index (χ0) is 21.7. The van der Waals surface area contributed by atoms with Crippen molar-refractivity contribution in [1.29, 1.82) is 0 Å². The Labute approximate surface area is 176 Å². The number of imidazole rings is 1. The number of H-pyrrole nitrogens is 1. The van der Waals surface area contributed by atoms with Crippen molar-refractivity contribution in [2.45, 2.75) is 39.3 Å². The maximum atomic E-state index is 12.7. The van der Waals surface area contributed by atoms with Gasteiger partial charge in [-0.3, -0.25) is 9.36 Å². The highest BCUT2D eigenvalue weighted by Gasteiger charge is 2.19. The number of carbonyl (C=O) groups excluding carboxylic acids is 1. The van der Waals surface area contributed by atoms with Crippen LogP contribution < -0.4 is 16.3 Å². The van der Waals surface area contributed by atoms with E-state index in [-0.39, 0.29) is 18.1 Å². The molecule has 3 aromatic rings. The summed E-state index contributed by atoms with van der Waals surface area (Å²) in [5.41, 5.74) is 8.61. The highest BCUT2D eigenvalue weighted by Crippen LogP contribution is 2.25. The molecule has 30 heavy (non-hydrogen) atoms. The van der Waals surface area contributed by atoms with Gasteiger partial charge in [-0.05, 0) is 38.5 Å². The van der Waals surface area contributed by atoms with Crippen LogP contribution in [0.25, 0.3) is 11.0 Å². The minimum absolute atomic E-state index is 0.166. The molecular weight excluding hydrogens is 380 g/mol. The summed E-state index contributed by atoms with van der Waals surface area (Å²) in [4.78, 5) is 29.9. The Balaban J connectivity index is 1.88. The topological polar surface area (TPSA) is 93.3 Å². The van der Waals surface area contributed by atoms with E-state index in [1.54, 1.807) is 4.57 Å². The third-order valence-corrected chi connectivity index (χ3v) is 4.72. The Kier molecular flexibility index (Phi) is 6.62. The van der Waals surface area contributed by atoms with Crippen LogP contribution in [0.3, 0.4) is 0 Å². The van der Waals surface area contributed by atoms with Crippen molar-refractivity contribution in [3.8, 4) is 0 Å². The number of rotatable bonds is 8. The van der Waals surface area contributed by atoms with Gasteiger partial charge in [-0.2, -0.15) is 0 Å². The van der Waals surface area contributed by atoms with Crippen molar-refractivity contribution in [3.63, 3.8) is 0 Å². The largest absolute Gasteiger partial charge is 0.460 e. The van der Waals surface area contributed by atoms with E-state index in [1.807, 2.05) is 74.2 Å². The van der Waals surface area contributed by atoms with Gasteiger partial charge in [0, 0.05) is 19.6 Å². The maximum absolute atomic E-state index is 12.7. The second-order valence-corrected chi connectivity index (χ2v) is 8.29. The van der Waals surface area contributed by atoms with Gasteiger partial charge >= 0.3 is 11.7 Å². The van der Waals surface area contributed by atoms with E-state index in [4.69, 9.17) is 10.5 Å². The molecule has 0 fully saturated rings. The number of fused-ring (bicyclic) bond motifs is 1. The minimum atomic E-state index is -0.518. The fourth-order valence-electron chi connectivity index (χ4n) is 3.48. The van der Waals surface area contributed by atoms with E-state index in [9.17, 15) is 9.59 Å². The molecule has 0 aliphatic heterocycles. The summed E-state index contributed by atoms with van der Waals surface area (Å²) in [7, 11) is 0. The van der Waals surface area contributed by atoms with Gasteiger partial charge in [0.05, 0.1) is 29.7 Å². The zero-order valence-corrected chi connectivity index (χ0v) is 17.9. The number of esters is 1. The molecule has 7 heteroatoms. The molecule has 7 nitrogen and oxygen atoms in total. The summed E-state index contributed by atoms with van der Waals surface area (Å²) in [6.45, 7) is 7.49. The van der Waals surface area contributed by atoms with E-state index in [1.165, 1.54) is 0 Å². The molecule has 0 atom stereocenters. The Morgan fingerprint density at radius 3 is 2.50 bits per heavy atom. The van der Waals surface area contributed by atoms with E-state index in [0.717, 1.165) is 22.3 Å². The number of aromatic nitrogens is 2. The van der Waals surface area contributed by atoms with E-state index >= 15 is 0 Å². The number of anilines is 1. The molecule has 1 aromatic heterocycles. The number of para-hydroxylation sites is 1. The smallest absolute Gasteiger partial charge is 0.326 e. The summed E-state index contributed by atoms with van der Waals surface area (Å²) in [5.74, 6) is -0.258. The molecule has 0 aliphatic carbocycles. The van der Waals surface area contributed by atoms with Crippen LogP contribution in [0.4, 0.5) is 5.69 Å². The second-order valence-electron chi connectivity index (χ2n) is 8.29. The number of carbonyl (C=O) groups is 1. The normalized spacial score (nSPS) is 11.6. The number of nitrogens with zero attached hydrogens (tertiary/aromatic N) is 2. The molecular formula is C23H30N4O3. The van der Waals surface area contributed by atoms with E-state index in [2.05, 4.69) is 4.98 Å². The molecule has 0 spiro atoms. The first-order valence-electron chi connectivity index (χ1n) is 10.2. The van der Waals surface area contributed by atoms with Gasteiger partial charge in [-0.15, -0.1) is 0 Å². The summed E-state index contributed by atoms with van der Waals surface area (Å²) in [5, 5.41) is 0. The van der Waals surface area contributed by atoms with Crippen molar-refractivity contribution in [2.24, 2.45) is 5.73 Å². The van der Waals surface area contributed by atoms with Crippen LogP contribution in [0.5, 0.6) is 0 Å². The summed E-state index contributed by atoms with van der Waals surface area (Å²) >= 11 is 0. The lowest BCUT2D eigenvalue weighted by Crippen LogP contribution is -2.33. The third-order valence-electron chi connectivity index (χ3n) is 4.72. The number of hydrogen-bond acceptors (Lipinski definition) is 5. The number of hydrogen-bond donors (Lipinski definition) is 2. The van der Waals surface area contributed by atoms with Crippen LogP contribution in [0, 0.1) is 0 Å². The molecule has 0 aliphatic rings. The first kappa shape index (κ1) is 21.6. The molecule has 1 heterocycles. The van der Waals surface area contributed by atoms with Crippen molar-refractivity contribution >= 4 is 22.7 Å². The van der Waals surface area contributed by atoms with Crippen molar-refractivity contribution in [3.05, 3.63) is 64.6 Å². The fourth-order valence-corrected chi connectivity index (χ4v) is 3.48. The standard InChI is InChI=1S/C23H30N4O3/c1-23(2,3)30-20(28)12-14-26(15-13-24)18-10-7-11-19-21(18)25-22(29)27(19)16-17-8-5-4-6-9-17/h4-11H,12-16,24H2,1-3H3,(H,25,29). The number of aromatic amines is 1. The molecule has 0 bridgehead atoms. The molecule has 0 amide bonds. The van der Waals surface area contributed by atoms with Crippen molar-refractivity contribution in [1.82, 2.24) is 9.55 Å². The van der Waals surface area contributed by atoms with Crippen molar-refractivity contribution < 1.29 is 9.53 Å². The fraction of sp³-hybridized carbons (Fsp3) is 0.391. The van der Waals surface area contributed by atoms with Crippen LogP contribution in [0.2, 0.25) is 0 Å². The molecule has 0 saturated carbocycles. The number of nitrogens with one attached hydrogen (secondary N) is 1. The van der Waals surface area contributed by atoms with Gasteiger partial charge in [-0.1, -0.05) is 36.4 Å². The predicted molar refractivity (Wildman–Crippen MR) is 120 cm³/mol. The molecule has 3 N–H and O–H groups in total. The molecule has 2 aromatic carbocycles. The molecule has 0 unspecified atom stereocenters. The van der Waals surface area contributed by atoms with Gasteiger partial charge in [-0.25, -0.2) is 4.79 Å². The van der Waals surface area contributed by atoms with E-state index in [0.29, 0.717) is 26.2 Å². The third kappa shape index (κ3) is 5.30. The summed E-state index contributed by atoms with van der Waals surface area (Å²) < 4.78 is 7.15. The summed E-state index contributed by atoms with van der Waals surface area (Å²) in [6.07, 6.45) is 0.239. The Hall–Kier alpha value is -3.06. The molecule has 3 rings (SSSR count). The Morgan fingerprint density at radius 1 is 1.10 bits per heavy atom. The first-order valence-corrected chi connectivity index (χ1v) is 10.2. The van der Waals surface area contributed by atoms with Gasteiger partial charge in [0.1, 0.15) is 5.60 Å². The van der Waals surface area contributed by atoms with Crippen LogP contribution in [-0.2, 0) is 16.1 Å². The Morgan fingerprint density at radius 2 is 1.83 bits per heavy atom. The number of ether oxygens (including phenoxy) is 1. The van der Waals surface area contributed by atoms with E-state index < -0.39 is 5.60 Å². The van der Waals surface area contributed by atoms with Gasteiger partial charge in [0.25, 0.3) is 0 Å². The lowest BCUT2D eigenvalue weighted by molar-refractivity contribution is -0.154. The summed E-state index contributed by atoms with van der Waals surface area (Å²) in [6, 6.07) is 15.6. The molecule has 160 valence electrons. The quantitative estimate of drug-likeness (QED) is 0.557. The minimum Gasteiger partial charge on any atom is -0.460 e. The maximum Gasteiger partial charge on any atom is 0.326 e. The average molecular weight is 411 g/mol. The number of benzene rings is 2. The van der Waals surface area contributed by atoms with Gasteiger partial charge < -0.3 is 20.4 Å². The monoisotopic (exact) mass is 410 g/mol. The lowest BCUT2D eigenvalue weighted by atomic mass is 10.2. The highest BCUT2D eigenvalue weighted by atomic mass is 16.6. The lowest BCUT2D eigenvalue weighted by Gasteiger charge is -2.26. The molecule has 0 saturated heterocycles. The van der Waals surface area contributed by atoms with Crippen molar-refractivity contribution in [2.75, 3.05) is 24.5 Å². The first-order chi connectivity index (χ1) is 14.3. The zero-order valence-electron chi connectivity index (χ0n) is 17.9. The van der Waals surface area contributed by atoms with Crippen LogP contribution in [0.15, 0.2) is 53.3 Å². The van der Waals surface area contributed by atoms with Gasteiger partial charge in [0.2, 0.25) is 0 Å². The SMILES string of the molecule is CC(C)(C)OC(=O)CCN(CCN)c1cccc2c1[nH]c(=O)n2Cc1ccccc1. The second kappa shape index (κ2) is 9.17. The van der Waals surface area contributed by atoms with Crippen LogP contribution in [-0.4, -0.2) is 40.8 Å². The predicted octanol–water partition coefficient (Wildman–Crippen LogP) is 2.87. The Bertz CT molecular complexity index is 1050. The van der Waals surface area contributed by atoms with Crippen LogP contribution in [0.1, 0.15) is 32.8 Å². The molecule has 0 radical (unpaired) electrons. The average Bonchev–Trinajstić information content (AvgIpc) is 3.00. The van der Waals surface area contributed by atoms with Crippen LogP contribution >= 0.6 is 0 Å². The van der Waals surface area contributed by atoms with Gasteiger partial charge in [0.15, 0.2) is 0 Å². The highest BCUT2D eigenvalue weighted by molar-refractivity contribution is 5.89. The number of nitrogens with two attached hydrogens (primary N) is 1.